The maximum absolute atomic E-state index is 12.3. The van der Waals surface area contributed by atoms with Crippen LogP contribution in [0.25, 0.3) is 5.73 Å². The molecule has 20 heavy (non-hydrogen) atoms. The summed E-state index contributed by atoms with van der Waals surface area (Å²) >= 11 is 0. The van der Waals surface area contributed by atoms with E-state index in [1.165, 1.54) is 18.3 Å². The van der Waals surface area contributed by atoms with Gasteiger partial charge in [0, 0.05) is 6.20 Å². The van der Waals surface area contributed by atoms with E-state index in [4.69, 9.17) is 5.73 Å². The van der Waals surface area contributed by atoms with E-state index in [0.717, 1.165) is 6.92 Å². The number of rotatable bonds is 3. The molecule has 1 aromatic rings. The molecule has 0 aromatic carbocycles. The maximum atomic E-state index is 12.3. The van der Waals surface area contributed by atoms with Crippen LogP contribution in [0.15, 0.2) is 35.7 Å². The SMILES string of the molecule is C/C([NH-])=C(/C(=O)Nc1ccccn1)C(=O)C(F)(F)F.[Ag+]. The minimum absolute atomic E-state index is 0. The summed E-state index contributed by atoms with van der Waals surface area (Å²) < 4.78 is 36.9. The normalized spacial score (nSPS) is 12.0. The average molecular weight is 380 g/mol. The van der Waals surface area contributed by atoms with E-state index in [1.807, 2.05) is 5.32 Å². The number of nitrogens with one attached hydrogen (secondary N) is 2. The zero-order chi connectivity index (χ0) is 14.6. The van der Waals surface area contributed by atoms with Crippen LogP contribution in [0.4, 0.5) is 19.0 Å². The molecule has 0 fully saturated rings. The van der Waals surface area contributed by atoms with Gasteiger partial charge in [0.25, 0.3) is 11.7 Å². The summed E-state index contributed by atoms with van der Waals surface area (Å²) in [7, 11) is 0. The summed E-state index contributed by atoms with van der Waals surface area (Å²) in [5.74, 6) is -3.68. The van der Waals surface area contributed by atoms with Crippen molar-refractivity contribution < 1.29 is 45.1 Å². The van der Waals surface area contributed by atoms with Crippen LogP contribution in [0.1, 0.15) is 6.92 Å². The van der Waals surface area contributed by atoms with Gasteiger partial charge in [0.1, 0.15) is 5.82 Å². The number of ketones is 1. The third-order valence-electron chi connectivity index (χ3n) is 1.99. The van der Waals surface area contributed by atoms with Gasteiger partial charge in [-0.1, -0.05) is 13.0 Å². The number of hydrogen-bond donors (Lipinski definition) is 1. The van der Waals surface area contributed by atoms with E-state index < -0.39 is 29.1 Å². The molecule has 0 aliphatic rings. The molecule has 1 aromatic heterocycles. The summed E-state index contributed by atoms with van der Waals surface area (Å²) in [4.78, 5) is 26.3. The molecule has 9 heteroatoms. The molecule has 0 spiro atoms. The molecule has 1 heterocycles. The van der Waals surface area contributed by atoms with Crippen LogP contribution in [0.5, 0.6) is 0 Å². The van der Waals surface area contributed by atoms with Crippen molar-refractivity contribution in [3.05, 3.63) is 41.4 Å². The summed E-state index contributed by atoms with van der Waals surface area (Å²) in [6.45, 7) is 0.928. The van der Waals surface area contributed by atoms with Gasteiger partial charge in [-0.3, -0.25) is 9.59 Å². The van der Waals surface area contributed by atoms with Crippen LogP contribution in [0.2, 0.25) is 0 Å². The molecular weight excluding hydrogens is 371 g/mol. The standard InChI is InChI=1S/C11H10F3N3O2.Ag/c1-6(15)8(9(18)11(12,13)14)10(19)17-7-4-2-3-5-16-7;/h2-5H,1H3,(H3,15,16,17,18,19);/q;+1/p-1. The molecule has 0 unspecified atom stereocenters. The van der Waals surface area contributed by atoms with Gasteiger partial charge >= 0.3 is 28.6 Å². The summed E-state index contributed by atoms with van der Waals surface area (Å²) in [6, 6.07) is 4.39. The first-order valence-corrected chi connectivity index (χ1v) is 5.00. The molecule has 5 nitrogen and oxygen atoms in total. The Hall–Kier alpha value is -1.64. The minimum Gasteiger partial charge on any atom is -0.702 e. The van der Waals surface area contributed by atoms with Crippen LogP contribution < -0.4 is 5.32 Å². The number of Topliss-reactive ketones (excluding diaryl/α,β-unsaturated/α-hetero) is 1. The quantitative estimate of drug-likeness (QED) is 0.379. The predicted octanol–water partition coefficient (Wildman–Crippen LogP) is 2.48. The van der Waals surface area contributed by atoms with Crippen molar-refractivity contribution in [2.75, 3.05) is 5.32 Å². The van der Waals surface area contributed by atoms with E-state index in [1.54, 1.807) is 6.07 Å². The Bertz CT molecular complexity index is 525. The molecule has 0 aliphatic heterocycles. The van der Waals surface area contributed by atoms with E-state index >= 15 is 0 Å². The Labute approximate surface area is 127 Å². The fraction of sp³-hybridized carbons (Fsp3) is 0.182. The fourth-order valence-electron chi connectivity index (χ4n) is 1.20. The predicted molar refractivity (Wildman–Crippen MR) is 61.0 cm³/mol. The number of aromatic nitrogens is 1. The zero-order valence-electron chi connectivity index (χ0n) is 10.0. The molecule has 1 rings (SSSR count). The first kappa shape index (κ1) is 18.4. The molecule has 0 radical (unpaired) electrons. The second-order valence-corrected chi connectivity index (χ2v) is 3.50. The number of allylic oxidation sites excluding steroid dienone is 1. The summed E-state index contributed by atoms with van der Waals surface area (Å²) in [5, 5.41) is 2.03. The van der Waals surface area contributed by atoms with Gasteiger partial charge in [-0.05, 0) is 12.1 Å². The van der Waals surface area contributed by atoms with E-state index in [2.05, 4.69) is 4.98 Å². The van der Waals surface area contributed by atoms with Gasteiger partial charge in [0.15, 0.2) is 0 Å². The van der Waals surface area contributed by atoms with Gasteiger partial charge < -0.3 is 11.1 Å². The Morgan fingerprint density at radius 3 is 2.30 bits per heavy atom. The molecule has 0 saturated heterocycles. The molecule has 0 saturated carbocycles. The molecule has 0 bridgehead atoms. The van der Waals surface area contributed by atoms with Gasteiger partial charge in [-0.15, -0.1) is 0 Å². The van der Waals surface area contributed by atoms with Crippen molar-refractivity contribution in [3.63, 3.8) is 0 Å². The maximum Gasteiger partial charge on any atom is 1.00 e. The van der Waals surface area contributed by atoms with E-state index in [-0.39, 0.29) is 28.2 Å². The van der Waals surface area contributed by atoms with Crippen LogP contribution in [0.3, 0.4) is 0 Å². The number of hydrogen-bond acceptors (Lipinski definition) is 3. The minimum atomic E-state index is -5.21. The summed E-state index contributed by atoms with van der Waals surface area (Å²) in [6.07, 6.45) is -3.89. The van der Waals surface area contributed by atoms with Crippen LogP contribution in [0, 0.1) is 0 Å². The van der Waals surface area contributed by atoms with Crippen molar-refractivity contribution in [3.8, 4) is 0 Å². The monoisotopic (exact) mass is 379 g/mol. The molecule has 112 valence electrons. The van der Waals surface area contributed by atoms with Crippen LogP contribution >= 0.6 is 0 Å². The molecule has 0 atom stereocenters. The fourth-order valence-corrected chi connectivity index (χ4v) is 1.20. The molecular formula is C11H9AgF3N3O2. The second-order valence-electron chi connectivity index (χ2n) is 3.50. The third-order valence-corrected chi connectivity index (χ3v) is 1.99. The number of carbonyl (C=O) groups excluding carboxylic acids is 2. The number of nitrogens with zero attached hydrogens (tertiary/aromatic N) is 1. The van der Waals surface area contributed by atoms with Crippen molar-refractivity contribution in [2.24, 2.45) is 0 Å². The van der Waals surface area contributed by atoms with Crippen molar-refractivity contribution in [1.82, 2.24) is 4.98 Å². The van der Waals surface area contributed by atoms with Gasteiger partial charge in [0.2, 0.25) is 0 Å². The largest absolute Gasteiger partial charge is 1.00 e. The van der Waals surface area contributed by atoms with Gasteiger partial charge in [0.05, 0.1) is 5.57 Å². The van der Waals surface area contributed by atoms with Crippen molar-refractivity contribution >= 4 is 17.5 Å². The van der Waals surface area contributed by atoms with Crippen LogP contribution in [-0.2, 0) is 32.0 Å². The van der Waals surface area contributed by atoms with Crippen molar-refractivity contribution in [1.29, 1.82) is 0 Å². The number of alkyl halides is 3. The Balaban J connectivity index is 0.00000361. The van der Waals surface area contributed by atoms with E-state index in [9.17, 15) is 22.8 Å². The first-order valence-electron chi connectivity index (χ1n) is 5.00. The average Bonchev–Trinajstić information content (AvgIpc) is 2.28. The Morgan fingerprint density at radius 1 is 1.30 bits per heavy atom. The third kappa shape index (κ3) is 4.80. The Kier molecular flexibility index (Phi) is 6.63. The molecule has 1 amide bonds. The van der Waals surface area contributed by atoms with Gasteiger partial charge in [-0.25, -0.2) is 4.98 Å². The second kappa shape index (κ2) is 7.22. The number of pyridine rings is 1. The van der Waals surface area contributed by atoms with Gasteiger partial charge in [-0.2, -0.15) is 18.9 Å². The number of amides is 1. The number of halogens is 3. The number of anilines is 1. The number of carbonyl (C=O) groups is 2. The topological polar surface area (TPSA) is 82.9 Å². The smallest absolute Gasteiger partial charge is 0.702 e. The molecule has 0 aliphatic carbocycles. The van der Waals surface area contributed by atoms with E-state index in [0.29, 0.717) is 0 Å². The first-order chi connectivity index (χ1) is 8.73. The van der Waals surface area contributed by atoms with Crippen molar-refractivity contribution in [2.45, 2.75) is 13.1 Å². The van der Waals surface area contributed by atoms with Crippen LogP contribution in [-0.4, -0.2) is 22.9 Å². The zero-order valence-corrected chi connectivity index (χ0v) is 11.5. The molecule has 2 N–H and O–H groups in total. The summed E-state index contributed by atoms with van der Waals surface area (Å²) in [5.41, 5.74) is 5.10. The Morgan fingerprint density at radius 2 is 1.90 bits per heavy atom.